The summed E-state index contributed by atoms with van der Waals surface area (Å²) < 4.78 is 45.7. The number of benzene rings is 1. The predicted octanol–water partition coefficient (Wildman–Crippen LogP) is 5.56. The fourth-order valence-corrected chi connectivity index (χ4v) is 6.08. The Morgan fingerprint density at radius 1 is 1.21 bits per heavy atom. The molecule has 0 bridgehead atoms. The molecule has 1 fully saturated rings. The number of aromatic nitrogens is 1. The van der Waals surface area contributed by atoms with Crippen molar-refractivity contribution in [3.05, 3.63) is 45.8 Å². The first-order chi connectivity index (χ1) is 13.2. The number of carbonyl (C=O) groups is 1. The molecule has 0 spiro atoms. The number of thiophene rings is 1. The number of fused-ring (bicyclic) bond motifs is 1. The van der Waals surface area contributed by atoms with Crippen molar-refractivity contribution in [2.24, 2.45) is 5.73 Å². The number of rotatable bonds is 4. The number of nitrogens with one attached hydrogen (secondary N) is 1. The minimum Gasteiger partial charge on any atom is -0.366 e. The molecule has 5 N–H and O–H groups in total. The third-order valence-corrected chi connectivity index (χ3v) is 8.00. The van der Waals surface area contributed by atoms with Gasteiger partial charge < -0.3 is 10.7 Å². The molecule has 1 aliphatic heterocycles. The number of amides is 1. The van der Waals surface area contributed by atoms with Crippen molar-refractivity contribution < 1.29 is 22.7 Å². The number of hydrogen-bond donors (Lipinski definition) is 4. The molecule has 1 amide bonds. The predicted molar refractivity (Wildman–Crippen MR) is 110 cm³/mol. The lowest BCUT2D eigenvalue weighted by Crippen LogP contribution is -2.19. The topological polar surface area (TPSA) is 99.3 Å². The molecule has 0 unspecified atom stereocenters. The van der Waals surface area contributed by atoms with Crippen LogP contribution in [0.4, 0.5) is 8.78 Å². The number of alkyl halides is 2. The van der Waals surface area contributed by atoms with Gasteiger partial charge in [-0.05, 0) is 59.0 Å². The fraction of sp³-hybridized carbons (Fsp3) is 0.316. The van der Waals surface area contributed by atoms with E-state index in [9.17, 15) is 22.7 Å². The van der Waals surface area contributed by atoms with Crippen LogP contribution in [0.5, 0.6) is 0 Å². The van der Waals surface area contributed by atoms with Gasteiger partial charge in [-0.2, -0.15) is 10.6 Å². The van der Waals surface area contributed by atoms with E-state index >= 15 is 0 Å². The minimum absolute atomic E-state index is 0.0255. The van der Waals surface area contributed by atoms with Crippen molar-refractivity contribution >= 4 is 38.7 Å². The van der Waals surface area contributed by atoms with Crippen LogP contribution in [0.15, 0.2) is 29.8 Å². The van der Waals surface area contributed by atoms with E-state index in [0.717, 1.165) is 22.3 Å². The van der Waals surface area contributed by atoms with Crippen LogP contribution in [0.1, 0.15) is 46.0 Å². The smallest absolute Gasteiger partial charge is 0.272 e. The summed E-state index contributed by atoms with van der Waals surface area (Å²) in [6.45, 7) is 0. The molecule has 28 heavy (non-hydrogen) atoms. The Balaban J connectivity index is 1.81. The minimum atomic E-state index is -2.54. The molecule has 9 heteroatoms. The number of aromatic amines is 1. The quantitative estimate of drug-likeness (QED) is 0.439. The summed E-state index contributed by atoms with van der Waals surface area (Å²) in [5.74, 6) is 0.246. The zero-order chi connectivity index (χ0) is 20.1. The van der Waals surface area contributed by atoms with Crippen LogP contribution >= 0.6 is 21.9 Å². The maximum Gasteiger partial charge on any atom is 0.272 e. The summed E-state index contributed by atoms with van der Waals surface area (Å²) in [5.41, 5.74) is 8.75. The Hall–Kier alpha value is -1.94. The van der Waals surface area contributed by atoms with Gasteiger partial charge in [0.05, 0.1) is 16.0 Å². The lowest BCUT2D eigenvalue weighted by molar-refractivity contribution is 0.100. The molecule has 3 aromatic rings. The molecule has 2 aromatic heterocycles. The van der Waals surface area contributed by atoms with Gasteiger partial charge in [-0.1, -0.05) is 0 Å². The Kier molecular flexibility index (Phi) is 4.95. The van der Waals surface area contributed by atoms with Crippen molar-refractivity contribution in [1.82, 2.24) is 4.98 Å². The zero-order valence-corrected chi connectivity index (χ0v) is 16.5. The molecule has 5 nitrogen and oxygen atoms in total. The summed E-state index contributed by atoms with van der Waals surface area (Å²) in [4.78, 5) is 15.1. The Bertz CT molecular complexity index is 1040. The van der Waals surface area contributed by atoms with Crippen molar-refractivity contribution in [1.29, 1.82) is 0 Å². The van der Waals surface area contributed by atoms with Crippen LogP contribution in [-0.2, 0) is 0 Å². The number of carbonyl (C=O) groups excluding carboxylic acids is 1. The largest absolute Gasteiger partial charge is 0.366 e. The molecule has 1 saturated heterocycles. The number of nitrogens with two attached hydrogens (primary N) is 1. The van der Waals surface area contributed by atoms with Crippen molar-refractivity contribution in [2.75, 3.05) is 11.5 Å². The van der Waals surface area contributed by atoms with E-state index in [1.54, 1.807) is 11.4 Å². The second kappa shape index (κ2) is 7.14. The average molecular weight is 427 g/mol. The van der Waals surface area contributed by atoms with Crippen molar-refractivity contribution in [3.63, 3.8) is 0 Å². The number of H-pyrrole nitrogens is 1. The second-order valence-electron chi connectivity index (χ2n) is 7.08. The summed E-state index contributed by atoms with van der Waals surface area (Å²) in [5, 5.41) is 2.47. The van der Waals surface area contributed by atoms with Gasteiger partial charge in [0.2, 0.25) is 0 Å². The highest BCUT2D eigenvalue weighted by Crippen LogP contribution is 2.49. The molecule has 0 saturated carbocycles. The summed E-state index contributed by atoms with van der Waals surface area (Å²) in [7, 11) is -2.49. The lowest BCUT2D eigenvalue weighted by Gasteiger charge is -2.39. The van der Waals surface area contributed by atoms with E-state index in [2.05, 4.69) is 4.98 Å². The Morgan fingerprint density at radius 2 is 1.93 bits per heavy atom. The highest BCUT2D eigenvalue weighted by molar-refractivity contribution is 8.24. The van der Waals surface area contributed by atoms with Crippen molar-refractivity contribution in [2.45, 2.75) is 25.2 Å². The molecular weight excluding hydrogens is 406 g/mol. The molecule has 1 aliphatic rings. The van der Waals surface area contributed by atoms with Gasteiger partial charge in [0, 0.05) is 23.1 Å². The lowest BCUT2D eigenvalue weighted by atomic mass is 9.91. The fourth-order valence-electron chi connectivity index (χ4n) is 3.79. The van der Waals surface area contributed by atoms with Gasteiger partial charge in [-0.25, -0.2) is 8.78 Å². The molecular formula is C19H20F2N2O3S2. The van der Waals surface area contributed by atoms with E-state index in [0.29, 0.717) is 46.6 Å². The van der Waals surface area contributed by atoms with E-state index in [-0.39, 0.29) is 10.8 Å². The molecule has 150 valence electrons. The second-order valence-corrected chi connectivity index (χ2v) is 10.4. The summed E-state index contributed by atoms with van der Waals surface area (Å²) in [6.07, 6.45) is 0.572. The number of halogens is 2. The highest BCUT2D eigenvalue weighted by atomic mass is 32.3. The SMILES string of the molecule is NC(=O)c1cc(-c2csc(C(F)F)c2)cc2c(C3CCS(O)(O)CC3)c[nH]c12. The van der Waals surface area contributed by atoms with Crippen LogP contribution < -0.4 is 5.73 Å². The zero-order valence-electron chi connectivity index (χ0n) is 14.8. The molecule has 0 aliphatic carbocycles. The van der Waals surface area contributed by atoms with Gasteiger partial charge in [-0.3, -0.25) is 13.9 Å². The van der Waals surface area contributed by atoms with E-state index in [1.807, 2.05) is 12.3 Å². The van der Waals surface area contributed by atoms with Gasteiger partial charge in [-0.15, -0.1) is 11.3 Å². The van der Waals surface area contributed by atoms with Gasteiger partial charge in [0.1, 0.15) is 0 Å². The molecule has 1 aromatic carbocycles. The first kappa shape index (κ1) is 19.4. The normalized spacial score (nSPS) is 18.6. The van der Waals surface area contributed by atoms with Gasteiger partial charge in [0.25, 0.3) is 12.3 Å². The van der Waals surface area contributed by atoms with E-state index < -0.39 is 22.9 Å². The third kappa shape index (κ3) is 3.55. The van der Waals surface area contributed by atoms with Gasteiger partial charge >= 0.3 is 0 Å². The molecule has 3 heterocycles. The number of primary amides is 1. The Labute approximate surface area is 165 Å². The van der Waals surface area contributed by atoms with Gasteiger partial charge in [0.15, 0.2) is 0 Å². The first-order valence-electron chi connectivity index (χ1n) is 8.80. The van der Waals surface area contributed by atoms with Crippen LogP contribution in [0.3, 0.4) is 0 Å². The van der Waals surface area contributed by atoms with Crippen LogP contribution in [0, 0.1) is 0 Å². The molecule has 0 radical (unpaired) electrons. The van der Waals surface area contributed by atoms with E-state index in [4.69, 9.17) is 5.73 Å². The summed E-state index contributed by atoms with van der Waals surface area (Å²) in [6, 6.07) is 4.95. The maximum atomic E-state index is 13.0. The monoisotopic (exact) mass is 426 g/mol. The number of hydrogen-bond acceptors (Lipinski definition) is 4. The first-order valence-corrected chi connectivity index (χ1v) is 11.6. The Morgan fingerprint density at radius 3 is 2.54 bits per heavy atom. The van der Waals surface area contributed by atoms with Crippen LogP contribution in [-0.4, -0.2) is 31.5 Å². The van der Waals surface area contributed by atoms with Crippen LogP contribution in [0.2, 0.25) is 0 Å². The van der Waals surface area contributed by atoms with Crippen molar-refractivity contribution in [3.8, 4) is 11.1 Å². The third-order valence-electron chi connectivity index (χ3n) is 5.28. The van der Waals surface area contributed by atoms with Crippen LogP contribution in [0.25, 0.3) is 22.0 Å². The molecule has 0 atom stereocenters. The summed E-state index contributed by atoms with van der Waals surface area (Å²) >= 11 is 0.979. The highest BCUT2D eigenvalue weighted by Gasteiger charge is 2.27. The standard InChI is InChI=1S/C19H20F2N2O3S2/c20-18(21)16-7-12(9-27-16)11-5-13-15(10-1-3-28(25,26)4-2-10)8-23-17(13)14(6-11)19(22)24/h5-10,18,23,25-26H,1-4H2,(H2,22,24). The molecule has 4 rings (SSSR count). The average Bonchev–Trinajstić information content (AvgIpc) is 3.28. The maximum absolute atomic E-state index is 13.0. The van der Waals surface area contributed by atoms with E-state index in [1.165, 1.54) is 6.07 Å².